The minimum Gasteiger partial charge on any atom is -0.310 e. The molecule has 0 aliphatic heterocycles. The molecular weight excluding hydrogens is 266 g/mol. The first-order chi connectivity index (χ1) is 9.49. The van der Waals surface area contributed by atoms with Crippen LogP contribution >= 0.6 is 11.6 Å². The molecule has 0 radical (unpaired) electrons. The van der Waals surface area contributed by atoms with Crippen LogP contribution in [0.15, 0.2) is 36.4 Å². The molecule has 0 aromatic heterocycles. The maximum Gasteiger partial charge on any atom is 0.0487 e. The molecule has 0 atom stereocenters. The first kappa shape index (κ1) is 15.1. The maximum absolute atomic E-state index is 6.45. The highest BCUT2D eigenvalue weighted by Gasteiger charge is 2.10. The normalized spacial score (nSPS) is 11.1. The van der Waals surface area contributed by atoms with Gasteiger partial charge in [-0.25, -0.2) is 0 Å². The third-order valence-corrected chi connectivity index (χ3v) is 3.90. The molecule has 0 spiro atoms. The number of nitrogens with one attached hydrogen (secondary N) is 1. The van der Waals surface area contributed by atoms with E-state index < -0.39 is 0 Å². The van der Waals surface area contributed by atoms with Gasteiger partial charge in [-0.1, -0.05) is 49.7 Å². The van der Waals surface area contributed by atoms with E-state index in [1.54, 1.807) is 0 Å². The summed E-state index contributed by atoms with van der Waals surface area (Å²) in [5, 5.41) is 4.30. The van der Waals surface area contributed by atoms with Crippen LogP contribution in [0, 0.1) is 13.8 Å². The predicted molar refractivity (Wildman–Crippen MR) is 88.3 cm³/mol. The molecular formula is C18H22ClN. The lowest BCUT2D eigenvalue weighted by molar-refractivity contribution is 0.589. The third kappa shape index (κ3) is 3.41. The molecule has 2 aromatic rings. The number of halogens is 1. The highest BCUT2D eigenvalue weighted by molar-refractivity contribution is 6.33. The second-order valence-corrected chi connectivity index (χ2v) is 6.02. The summed E-state index contributed by atoms with van der Waals surface area (Å²) in [4.78, 5) is 0. The average molecular weight is 288 g/mol. The predicted octanol–water partition coefficient (Wildman–Crippen LogP) is 5.12. The van der Waals surface area contributed by atoms with Crippen molar-refractivity contribution in [2.45, 2.75) is 40.3 Å². The molecule has 2 aromatic carbocycles. The minimum atomic E-state index is 0.471. The molecule has 106 valence electrons. The molecule has 0 fully saturated rings. The zero-order valence-corrected chi connectivity index (χ0v) is 13.4. The summed E-state index contributed by atoms with van der Waals surface area (Å²) >= 11 is 6.45. The molecule has 0 aliphatic rings. The van der Waals surface area contributed by atoms with E-state index in [1.165, 1.54) is 22.3 Å². The van der Waals surface area contributed by atoms with Crippen molar-refractivity contribution < 1.29 is 0 Å². The summed E-state index contributed by atoms with van der Waals surface area (Å²) in [5.41, 5.74) is 6.13. The number of hydrogen-bond donors (Lipinski definition) is 1. The van der Waals surface area contributed by atoms with Gasteiger partial charge in [-0.05, 0) is 48.2 Å². The number of hydrogen-bond acceptors (Lipinski definition) is 1. The van der Waals surface area contributed by atoms with Gasteiger partial charge < -0.3 is 5.32 Å². The van der Waals surface area contributed by atoms with Gasteiger partial charge in [0, 0.05) is 23.2 Å². The SMILES string of the molecule is Cc1cc(Cl)c(-c2ccccc2CNC(C)C)cc1C. The second kappa shape index (κ2) is 6.43. The Morgan fingerprint density at radius 3 is 2.35 bits per heavy atom. The maximum atomic E-state index is 6.45. The Hall–Kier alpha value is -1.31. The van der Waals surface area contributed by atoms with E-state index in [9.17, 15) is 0 Å². The van der Waals surface area contributed by atoms with Gasteiger partial charge in [0.2, 0.25) is 0 Å². The average Bonchev–Trinajstić information content (AvgIpc) is 2.41. The van der Waals surface area contributed by atoms with Crippen LogP contribution in [0.4, 0.5) is 0 Å². The third-order valence-electron chi connectivity index (χ3n) is 3.59. The van der Waals surface area contributed by atoms with Gasteiger partial charge in [-0.3, -0.25) is 0 Å². The molecule has 0 aliphatic carbocycles. The molecule has 0 unspecified atom stereocenters. The van der Waals surface area contributed by atoms with Gasteiger partial charge in [0.1, 0.15) is 0 Å². The van der Waals surface area contributed by atoms with Gasteiger partial charge in [-0.2, -0.15) is 0 Å². The number of benzene rings is 2. The monoisotopic (exact) mass is 287 g/mol. The van der Waals surface area contributed by atoms with Gasteiger partial charge in [0.05, 0.1) is 0 Å². The Bertz CT molecular complexity index is 602. The van der Waals surface area contributed by atoms with Crippen molar-refractivity contribution in [1.82, 2.24) is 5.32 Å². The molecule has 0 heterocycles. The van der Waals surface area contributed by atoms with E-state index in [4.69, 9.17) is 11.6 Å². The van der Waals surface area contributed by atoms with Crippen molar-refractivity contribution in [2.75, 3.05) is 0 Å². The smallest absolute Gasteiger partial charge is 0.0487 e. The molecule has 1 nitrogen and oxygen atoms in total. The zero-order valence-electron chi connectivity index (χ0n) is 12.6. The molecule has 0 bridgehead atoms. The van der Waals surface area contributed by atoms with E-state index in [0.717, 1.165) is 17.1 Å². The van der Waals surface area contributed by atoms with E-state index >= 15 is 0 Å². The number of rotatable bonds is 4. The Kier molecular flexibility index (Phi) is 4.85. The van der Waals surface area contributed by atoms with Crippen LogP contribution < -0.4 is 5.32 Å². The zero-order chi connectivity index (χ0) is 14.7. The van der Waals surface area contributed by atoms with E-state index in [1.807, 2.05) is 0 Å². The molecule has 20 heavy (non-hydrogen) atoms. The van der Waals surface area contributed by atoms with Crippen LogP contribution in [0.25, 0.3) is 11.1 Å². The van der Waals surface area contributed by atoms with Crippen molar-refractivity contribution >= 4 is 11.6 Å². The van der Waals surface area contributed by atoms with E-state index in [0.29, 0.717) is 6.04 Å². The van der Waals surface area contributed by atoms with Gasteiger partial charge >= 0.3 is 0 Å². The summed E-state index contributed by atoms with van der Waals surface area (Å²) in [7, 11) is 0. The molecule has 2 heteroatoms. The van der Waals surface area contributed by atoms with Crippen LogP contribution in [0.1, 0.15) is 30.5 Å². The fourth-order valence-corrected chi connectivity index (χ4v) is 2.56. The summed E-state index contributed by atoms with van der Waals surface area (Å²) in [6.45, 7) is 9.40. The summed E-state index contributed by atoms with van der Waals surface area (Å²) in [6.07, 6.45) is 0. The Morgan fingerprint density at radius 1 is 1.00 bits per heavy atom. The summed E-state index contributed by atoms with van der Waals surface area (Å²) in [6, 6.07) is 13.2. The van der Waals surface area contributed by atoms with Gasteiger partial charge in [0.15, 0.2) is 0 Å². The first-order valence-corrected chi connectivity index (χ1v) is 7.45. The van der Waals surface area contributed by atoms with Crippen LogP contribution in [0.5, 0.6) is 0 Å². The van der Waals surface area contributed by atoms with Crippen LogP contribution in [0.3, 0.4) is 0 Å². The molecule has 2 rings (SSSR count). The lowest BCUT2D eigenvalue weighted by Crippen LogP contribution is -2.22. The molecule has 0 saturated carbocycles. The lowest BCUT2D eigenvalue weighted by atomic mass is 9.96. The topological polar surface area (TPSA) is 12.0 Å². The second-order valence-electron chi connectivity index (χ2n) is 5.61. The van der Waals surface area contributed by atoms with Crippen LogP contribution in [0.2, 0.25) is 5.02 Å². The summed E-state index contributed by atoms with van der Waals surface area (Å²) in [5.74, 6) is 0. The van der Waals surface area contributed by atoms with Gasteiger partial charge in [-0.15, -0.1) is 0 Å². The van der Waals surface area contributed by atoms with Crippen molar-refractivity contribution in [1.29, 1.82) is 0 Å². The van der Waals surface area contributed by atoms with E-state index in [-0.39, 0.29) is 0 Å². The van der Waals surface area contributed by atoms with Crippen molar-refractivity contribution in [3.8, 4) is 11.1 Å². The van der Waals surface area contributed by atoms with Crippen molar-refractivity contribution in [3.63, 3.8) is 0 Å². The lowest BCUT2D eigenvalue weighted by Gasteiger charge is -2.15. The fourth-order valence-electron chi connectivity index (χ4n) is 2.24. The first-order valence-electron chi connectivity index (χ1n) is 7.07. The molecule has 1 N–H and O–H groups in total. The minimum absolute atomic E-state index is 0.471. The standard InChI is InChI=1S/C18H22ClN/c1-12(2)20-11-15-7-5-6-8-16(15)17-9-13(3)14(4)10-18(17)19/h5-10,12,20H,11H2,1-4H3. The van der Waals surface area contributed by atoms with Crippen molar-refractivity contribution in [3.05, 3.63) is 58.1 Å². The largest absolute Gasteiger partial charge is 0.310 e. The van der Waals surface area contributed by atoms with Gasteiger partial charge in [0.25, 0.3) is 0 Å². The Labute approximate surface area is 127 Å². The Morgan fingerprint density at radius 2 is 1.65 bits per heavy atom. The fraction of sp³-hybridized carbons (Fsp3) is 0.333. The van der Waals surface area contributed by atoms with Crippen molar-refractivity contribution in [2.24, 2.45) is 0 Å². The molecule has 0 saturated heterocycles. The quantitative estimate of drug-likeness (QED) is 0.823. The number of aryl methyl sites for hydroxylation is 2. The van der Waals surface area contributed by atoms with Crippen LogP contribution in [-0.2, 0) is 6.54 Å². The Balaban J connectivity index is 2.45. The highest BCUT2D eigenvalue weighted by Crippen LogP contribution is 2.32. The summed E-state index contributed by atoms with van der Waals surface area (Å²) < 4.78 is 0. The molecule has 0 amide bonds. The highest BCUT2D eigenvalue weighted by atomic mass is 35.5. The van der Waals surface area contributed by atoms with Crippen LogP contribution in [-0.4, -0.2) is 6.04 Å². The van der Waals surface area contributed by atoms with E-state index in [2.05, 4.69) is 69.4 Å².